The van der Waals surface area contributed by atoms with E-state index in [2.05, 4.69) is 96.0 Å². The van der Waals surface area contributed by atoms with Gasteiger partial charge in [0.1, 0.15) is 23.3 Å². The highest BCUT2D eigenvalue weighted by molar-refractivity contribution is 6.63. The van der Waals surface area contributed by atoms with E-state index in [4.69, 9.17) is 51.7 Å². The number of nitrogens with zero attached hydrogens (tertiary/aromatic N) is 8. The van der Waals surface area contributed by atoms with Crippen LogP contribution in [-0.2, 0) is 30.8 Å². The van der Waals surface area contributed by atoms with Crippen LogP contribution in [0.3, 0.4) is 0 Å². The fourth-order valence-corrected chi connectivity index (χ4v) is 7.34. The number of amidine groups is 1. The molecule has 0 atom stereocenters. The number of ether oxygens (including phenoxy) is 3. The Morgan fingerprint density at radius 2 is 1.22 bits per heavy atom. The summed E-state index contributed by atoms with van der Waals surface area (Å²) in [6.07, 6.45) is 6.99. The van der Waals surface area contributed by atoms with Gasteiger partial charge in [-0.25, -0.2) is 5.90 Å². The average Bonchev–Trinajstić information content (AvgIpc) is 4.17. The maximum atomic E-state index is 9.58. The van der Waals surface area contributed by atoms with Crippen LogP contribution in [0.5, 0.6) is 17.2 Å². The van der Waals surface area contributed by atoms with Crippen LogP contribution < -0.4 is 25.8 Å². The predicted molar refractivity (Wildman–Crippen MR) is 272 cm³/mol. The number of carbonyl (C=O) groups excluding carboxylic acids is 1. The first-order valence-corrected chi connectivity index (χ1v) is 22.9. The molecule has 0 spiro atoms. The van der Waals surface area contributed by atoms with Crippen molar-refractivity contribution in [2.24, 2.45) is 16.8 Å². The van der Waals surface area contributed by atoms with Crippen molar-refractivity contribution in [2.75, 3.05) is 27.9 Å². The number of rotatable bonds is 13. The molecular weight excluding hydrogens is 888 g/mol. The maximum absolute atomic E-state index is 9.58. The molecule has 370 valence electrons. The number of hydrogen-bond acceptors (Lipinski definition) is 13. The summed E-state index contributed by atoms with van der Waals surface area (Å²) in [7, 11) is 4.95. The summed E-state index contributed by atoms with van der Waals surface area (Å²) in [6.45, 7) is 24.8. The summed E-state index contributed by atoms with van der Waals surface area (Å²) in [5, 5.41) is 34.1. The first-order valence-electron chi connectivity index (χ1n) is 22.5. The minimum atomic E-state index is -0.273. The second kappa shape index (κ2) is 29.2. The zero-order valence-electron chi connectivity index (χ0n) is 41.9. The molecule has 0 fully saturated rings. The number of benzene rings is 3. The largest absolute Gasteiger partial charge is 0.497 e. The highest BCUT2D eigenvalue weighted by Gasteiger charge is 2.16. The van der Waals surface area contributed by atoms with Crippen LogP contribution in [0.25, 0.3) is 44.1 Å². The van der Waals surface area contributed by atoms with Crippen molar-refractivity contribution in [1.29, 1.82) is 5.26 Å². The van der Waals surface area contributed by atoms with E-state index in [9.17, 15) is 4.79 Å². The Labute approximate surface area is 405 Å². The summed E-state index contributed by atoms with van der Waals surface area (Å²) in [4.78, 5) is 16.5. The Hall–Kier alpha value is -6.58. The van der Waals surface area contributed by atoms with E-state index in [1.54, 1.807) is 28.3 Å². The number of fused-ring (bicyclic) bond motifs is 3. The van der Waals surface area contributed by atoms with Gasteiger partial charge in [0, 0.05) is 109 Å². The van der Waals surface area contributed by atoms with Gasteiger partial charge in [0.2, 0.25) is 17.0 Å². The topological polar surface area (TPSA) is 230 Å². The number of oxime groups is 1. The van der Waals surface area contributed by atoms with Crippen molar-refractivity contribution in [3.63, 3.8) is 0 Å². The number of aromatic nitrogens is 5. The van der Waals surface area contributed by atoms with E-state index in [-0.39, 0.29) is 11.1 Å². The van der Waals surface area contributed by atoms with Crippen LogP contribution in [0, 0.1) is 11.3 Å². The number of methoxy groups -OCH3 is 3. The van der Waals surface area contributed by atoms with Crippen LogP contribution in [0.4, 0.5) is 0 Å². The van der Waals surface area contributed by atoms with Crippen LogP contribution in [0.2, 0.25) is 0 Å². The van der Waals surface area contributed by atoms with Gasteiger partial charge >= 0.3 is 0 Å². The third kappa shape index (κ3) is 15.2. The van der Waals surface area contributed by atoms with Crippen LogP contribution in [0.15, 0.2) is 82.9 Å². The number of nitrogens with two attached hydrogens (primary N) is 2. The Kier molecular flexibility index (Phi) is 24.7. The van der Waals surface area contributed by atoms with Crippen molar-refractivity contribution in [3.05, 3.63) is 90.2 Å². The molecule has 3 aromatic carbocycles. The van der Waals surface area contributed by atoms with Crippen molar-refractivity contribution in [1.82, 2.24) is 28.7 Å². The SMILES string of the molecule is CCC(=O)Cl.CCN(C(C)C)C(C)C.CCc1nc(-c2cn(CC)c3cc(OC)ccc23)no1.CCn1cc(C#N)c2ccc(OC)cc21.CCn1cc(C(N)=NO)c2ccc(OC)cc21.NO. The quantitative estimate of drug-likeness (QED) is 0.0277. The van der Waals surface area contributed by atoms with E-state index in [1.807, 2.05) is 85.4 Å². The molecule has 7 aromatic rings. The second-order valence-electron chi connectivity index (χ2n) is 15.3. The summed E-state index contributed by atoms with van der Waals surface area (Å²) in [6, 6.07) is 21.1. The molecule has 0 saturated carbocycles. The Morgan fingerprint density at radius 3 is 1.60 bits per heavy atom. The molecule has 68 heavy (non-hydrogen) atoms. The van der Waals surface area contributed by atoms with Gasteiger partial charge in [-0.3, -0.25) is 9.69 Å². The van der Waals surface area contributed by atoms with E-state index in [1.165, 1.54) is 0 Å². The van der Waals surface area contributed by atoms with Gasteiger partial charge in [0.15, 0.2) is 5.84 Å². The average molecular weight is 960 g/mol. The zero-order chi connectivity index (χ0) is 51.1. The minimum Gasteiger partial charge on any atom is -0.497 e. The smallest absolute Gasteiger partial charge is 0.226 e. The molecule has 4 heterocycles. The molecule has 7 rings (SSSR count). The second-order valence-corrected chi connectivity index (χ2v) is 15.7. The summed E-state index contributed by atoms with van der Waals surface area (Å²) in [5.74, 6) is 7.37. The van der Waals surface area contributed by atoms with Crippen molar-refractivity contribution >= 4 is 55.4 Å². The monoisotopic (exact) mass is 959 g/mol. The Balaban J connectivity index is 0.000000305. The number of aryl methyl sites for hydroxylation is 4. The minimum absolute atomic E-state index is 0.118. The van der Waals surface area contributed by atoms with Crippen LogP contribution >= 0.6 is 11.6 Å². The number of carbonyl (C=O) groups is 1. The predicted octanol–water partition coefficient (Wildman–Crippen LogP) is 10.2. The highest BCUT2D eigenvalue weighted by Crippen LogP contribution is 2.32. The maximum Gasteiger partial charge on any atom is 0.226 e. The highest BCUT2D eigenvalue weighted by atomic mass is 35.5. The lowest BCUT2D eigenvalue weighted by atomic mass is 10.1. The normalized spacial score (nSPS) is 10.8. The van der Waals surface area contributed by atoms with E-state index < -0.39 is 0 Å². The molecule has 6 N–H and O–H groups in total. The molecule has 4 aromatic heterocycles. The lowest BCUT2D eigenvalue weighted by Crippen LogP contribution is -2.36. The first kappa shape index (κ1) is 57.5. The first-order chi connectivity index (χ1) is 32.6. The van der Waals surface area contributed by atoms with Gasteiger partial charge in [-0.2, -0.15) is 10.2 Å². The van der Waals surface area contributed by atoms with Gasteiger partial charge in [-0.05, 0) is 103 Å². The van der Waals surface area contributed by atoms with E-state index in [0.717, 1.165) is 99.2 Å². The molecule has 0 bridgehead atoms. The van der Waals surface area contributed by atoms with Gasteiger partial charge in [-0.1, -0.05) is 31.1 Å². The standard InChI is InChI=1S/C15H17N3O2.C12H15N3O2.C12H12N2O.C8H19N.C3H5ClO.H3NO/c1-4-14-16-15(17-20-14)12-9-18(5-2)13-8-10(19-3)6-7-11(12)13;1-3-15-7-10(12(13)14-16)9-5-4-8(17-2)6-11(9)15;1-3-14-8-9(7-13)11-5-4-10(15-2)6-12(11)14;1-6-9(7(2)3)8(4)5;1-2-3(4)5;1-2/h6-9H,4-5H2,1-3H3;4-7,16H,3H2,1-2H3,(H2,13,14);4-6,8H,3H2,1-2H3;7-8H,6H2,1-5H3;2H2,1H3;2H,1H2. The fraction of sp³-hybridized carbons (Fsp3) is 0.420. The van der Waals surface area contributed by atoms with Gasteiger partial charge in [0.05, 0.1) is 43.4 Å². The molecule has 18 heteroatoms. The molecular formula is C50H71ClN10O7. The summed E-state index contributed by atoms with van der Waals surface area (Å²) >= 11 is 4.82. The number of hydrogen-bond donors (Lipinski definition) is 4. The summed E-state index contributed by atoms with van der Waals surface area (Å²) < 4.78 is 27.1. The van der Waals surface area contributed by atoms with Gasteiger partial charge in [-0.15, -0.1) is 0 Å². The molecule has 0 aliphatic rings. The molecule has 0 radical (unpaired) electrons. The lowest BCUT2D eigenvalue weighted by molar-refractivity contribution is -0.111. The third-order valence-electron chi connectivity index (χ3n) is 10.8. The Morgan fingerprint density at radius 1 is 0.779 bits per heavy atom. The van der Waals surface area contributed by atoms with Crippen molar-refractivity contribution in [3.8, 4) is 34.7 Å². The van der Waals surface area contributed by atoms with Gasteiger partial charge < -0.3 is 48.6 Å². The number of halogens is 1. The van der Waals surface area contributed by atoms with Crippen molar-refractivity contribution in [2.45, 2.75) is 114 Å². The molecule has 17 nitrogen and oxygen atoms in total. The molecule has 0 unspecified atom stereocenters. The molecule has 0 aliphatic heterocycles. The lowest BCUT2D eigenvalue weighted by Gasteiger charge is -2.28. The molecule has 0 amide bonds. The zero-order valence-corrected chi connectivity index (χ0v) is 42.6. The van der Waals surface area contributed by atoms with Crippen LogP contribution in [-0.4, -0.2) is 90.2 Å². The molecule has 0 saturated heterocycles. The van der Waals surface area contributed by atoms with E-state index >= 15 is 0 Å². The van der Waals surface area contributed by atoms with Crippen LogP contribution in [0.1, 0.15) is 92.7 Å². The fourth-order valence-electron chi connectivity index (χ4n) is 7.34. The van der Waals surface area contributed by atoms with Gasteiger partial charge in [0.25, 0.3) is 0 Å². The van der Waals surface area contributed by atoms with E-state index in [0.29, 0.717) is 30.2 Å². The Bertz CT molecular complexity index is 2680. The number of nitriles is 1. The summed E-state index contributed by atoms with van der Waals surface area (Å²) in [5.41, 5.74) is 11.3. The van der Waals surface area contributed by atoms with Crippen molar-refractivity contribution < 1.29 is 33.9 Å². The molecule has 0 aliphatic carbocycles. The third-order valence-corrected chi connectivity index (χ3v) is 11.0.